The van der Waals surface area contributed by atoms with E-state index in [0.717, 1.165) is 0 Å². The van der Waals surface area contributed by atoms with Crippen LogP contribution in [0.2, 0.25) is 0 Å². The van der Waals surface area contributed by atoms with Crippen LogP contribution in [0.4, 0.5) is 0 Å². The number of carbonyl (C=O) groups is 1. The van der Waals surface area contributed by atoms with E-state index in [2.05, 4.69) is 15.5 Å². The van der Waals surface area contributed by atoms with Gasteiger partial charge in [0.1, 0.15) is 11.4 Å². The SMILES string of the molecule is Cc1noc(C(C)(C)NC(=O)CCl)n1. The molecule has 0 aromatic carbocycles. The number of aromatic nitrogens is 2. The van der Waals surface area contributed by atoms with Gasteiger partial charge in [0.2, 0.25) is 5.91 Å². The first kappa shape index (κ1) is 11.0. The number of hydrogen-bond acceptors (Lipinski definition) is 4. The summed E-state index contributed by atoms with van der Waals surface area (Å²) in [6, 6.07) is 0. The van der Waals surface area contributed by atoms with E-state index < -0.39 is 5.54 Å². The van der Waals surface area contributed by atoms with Crippen LogP contribution in [0.15, 0.2) is 4.52 Å². The summed E-state index contributed by atoms with van der Waals surface area (Å²) in [7, 11) is 0. The van der Waals surface area contributed by atoms with Gasteiger partial charge in [-0.25, -0.2) is 0 Å². The van der Waals surface area contributed by atoms with Gasteiger partial charge in [-0.2, -0.15) is 4.98 Å². The van der Waals surface area contributed by atoms with Crippen molar-refractivity contribution in [1.29, 1.82) is 0 Å². The Morgan fingerprint density at radius 1 is 1.64 bits per heavy atom. The molecule has 0 saturated heterocycles. The Morgan fingerprint density at radius 3 is 2.71 bits per heavy atom. The van der Waals surface area contributed by atoms with Gasteiger partial charge in [0.15, 0.2) is 5.82 Å². The van der Waals surface area contributed by atoms with Crippen LogP contribution in [-0.4, -0.2) is 21.9 Å². The predicted molar refractivity (Wildman–Crippen MR) is 50.9 cm³/mol. The van der Waals surface area contributed by atoms with Crippen molar-refractivity contribution in [3.8, 4) is 0 Å². The second kappa shape index (κ2) is 3.96. The van der Waals surface area contributed by atoms with Crippen molar-refractivity contribution in [3.05, 3.63) is 11.7 Å². The average molecular weight is 218 g/mol. The third-order valence-electron chi connectivity index (χ3n) is 1.64. The minimum absolute atomic E-state index is 0.0868. The van der Waals surface area contributed by atoms with Crippen LogP contribution in [-0.2, 0) is 10.3 Å². The van der Waals surface area contributed by atoms with Crippen molar-refractivity contribution in [3.63, 3.8) is 0 Å². The number of nitrogens with one attached hydrogen (secondary N) is 1. The third-order valence-corrected chi connectivity index (χ3v) is 1.88. The van der Waals surface area contributed by atoms with Crippen molar-refractivity contribution in [1.82, 2.24) is 15.5 Å². The number of alkyl halides is 1. The number of nitrogens with zero attached hydrogens (tertiary/aromatic N) is 2. The van der Waals surface area contributed by atoms with Crippen LogP contribution < -0.4 is 5.32 Å². The molecule has 0 saturated carbocycles. The maximum absolute atomic E-state index is 11.1. The van der Waals surface area contributed by atoms with E-state index in [1.807, 2.05) is 0 Å². The lowest BCUT2D eigenvalue weighted by molar-refractivity contribution is -0.120. The van der Waals surface area contributed by atoms with E-state index in [-0.39, 0.29) is 11.8 Å². The summed E-state index contributed by atoms with van der Waals surface area (Å²) < 4.78 is 4.96. The van der Waals surface area contributed by atoms with Crippen molar-refractivity contribution >= 4 is 17.5 Å². The highest BCUT2D eigenvalue weighted by Crippen LogP contribution is 2.17. The highest BCUT2D eigenvalue weighted by Gasteiger charge is 2.28. The first-order valence-corrected chi connectivity index (χ1v) is 4.67. The first-order valence-electron chi connectivity index (χ1n) is 4.13. The summed E-state index contributed by atoms with van der Waals surface area (Å²) in [5, 5.41) is 6.31. The van der Waals surface area contributed by atoms with Gasteiger partial charge < -0.3 is 9.84 Å². The van der Waals surface area contributed by atoms with Gasteiger partial charge in [-0.15, -0.1) is 11.6 Å². The zero-order valence-electron chi connectivity index (χ0n) is 8.30. The lowest BCUT2D eigenvalue weighted by atomic mass is 10.1. The smallest absolute Gasteiger partial charge is 0.251 e. The van der Waals surface area contributed by atoms with E-state index in [4.69, 9.17) is 16.1 Å². The minimum atomic E-state index is -0.687. The standard InChI is InChI=1S/C8H12ClN3O2/c1-5-10-7(14-12-5)8(2,3)11-6(13)4-9/h4H2,1-3H3,(H,11,13). The van der Waals surface area contributed by atoms with Gasteiger partial charge in [0.25, 0.3) is 5.89 Å². The lowest BCUT2D eigenvalue weighted by Gasteiger charge is -2.20. The Balaban J connectivity index is 2.79. The largest absolute Gasteiger partial charge is 0.341 e. The average Bonchev–Trinajstić information content (AvgIpc) is 2.51. The number of carbonyl (C=O) groups excluding carboxylic acids is 1. The molecule has 14 heavy (non-hydrogen) atoms. The molecular weight excluding hydrogens is 206 g/mol. The Hall–Kier alpha value is -1.10. The number of rotatable bonds is 3. The van der Waals surface area contributed by atoms with Gasteiger partial charge >= 0.3 is 0 Å². The van der Waals surface area contributed by atoms with Crippen LogP contribution >= 0.6 is 11.6 Å². The quantitative estimate of drug-likeness (QED) is 0.766. The van der Waals surface area contributed by atoms with Gasteiger partial charge in [0, 0.05) is 0 Å². The maximum Gasteiger partial charge on any atom is 0.251 e. The highest BCUT2D eigenvalue weighted by molar-refractivity contribution is 6.27. The topological polar surface area (TPSA) is 68.0 Å². The summed E-state index contributed by atoms with van der Waals surface area (Å²) >= 11 is 5.37. The second-order valence-corrected chi connectivity index (χ2v) is 3.72. The molecule has 1 aromatic rings. The molecule has 1 aromatic heterocycles. The van der Waals surface area contributed by atoms with Crippen LogP contribution in [0.3, 0.4) is 0 Å². The van der Waals surface area contributed by atoms with Gasteiger partial charge in [0.05, 0.1) is 0 Å². The summed E-state index contributed by atoms with van der Waals surface area (Å²) in [5.41, 5.74) is -0.687. The zero-order valence-corrected chi connectivity index (χ0v) is 9.05. The van der Waals surface area contributed by atoms with Gasteiger partial charge in [-0.1, -0.05) is 5.16 Å². The fourth-order valence-electron chi connectivity index (χ4n) is 0.986. The van der Waals surface area contributed by atoms with E-state index in [1.54, 1.807) is 20.8 Å². The Bertz CT molecular complexity index is 335. The minimum Gasteiger partial charge on any atom is -0.341 e. The normalized spacial score (nSPS) is 11.4. The number of aryl methyl sites for hydroxylation is 1. The highest BCUT2D eigenvalue weighted by atomic mass is 35.5. The molecule has 1 amide bonds. The van der Waals surface area contributed by atoms with Crippen molar-refractivity contribution < 1.29 is 9.32 Å². The molecule has 0 fully saturated rings. The Labute approximate surface area is 86.8 Å². The van der Waals surface area contributed by atoms with E-state index in [1.165, 1.54) is 0 Å². The molecule has 0 radical (unpaired) electrons. The lowest BCUT2D eigenvalue weighted by Crippen LogP contribution is -2.41. The third kappa shape index (κ3) is 2.45. The molecule has 0 bridgehead atoms. The van der Waals surface area contributed by atoms with E-state index in [9.17, 15) is 4.79 Å². The van der Waals surface area contributed by atoms with Crippen LogP contribution in [0.25, 0.3) is 0 Å². The van der Waals surface area contributed by atoms with Crippen molar-refractivity contribution in [2.75, 3.05) is 5.88 Å². The molecule has 0 unspecified atom stereocenters. The van der Waals surface area contributed by atoms with Crippen LogP contribution in [0.5, 0.6) is 0 Å². The molecule has 6 heteroatoms. The monoisotopic (exact) mass is 217 g/mol. The fraction of sp³-hybridized carbons (Fsp3) is 0.625. The Kier molecular flexibility index (Phi) is 3.10. The molecule has 5 nitrogen and oxygen atoms in total. The number of halogens is 1. The number of hydrogen-bond donors (Lipinski definition) is 1. The number of amides is 1. The molecule has 1 rings (SSSR count). The molecule has 0 aliphatic rings. The predicted octanol–water partition coefficient (Wildman–Crippen LogP) is 0.968. The first-order chi connectivity index (χ1) is 6.45. The molecule has 1 heterocycles. The second-order valence-electron chi connectivity index (χ2n) is 3.45. The molecule has 0 aliphatic carbocycles. The van der Waals surface area contributed by atoms with Crippen LogP contribution in [0, 0.1) is 6.92 Å². The summed E-state index contributed by atoms with van der Waals surface area (Å²) in [5.74, 6) is 0.547. The molecule has 0 aliphatic heterocycles. The summed E-state index contributed by atoms with van der Waals surface area (Å²) in [6.07, 6.45) is 0. The molecule has 78 valence electrons. The summed E-state index contributed by atoms with van der Waals surface area (Å²) in [6.45, 7) is 5.25. The van der Waals surface area contributed by atoms with Gasteiger partial charge in [-0.05, 0) is 20.8 Å². The van der Waals surface area contributed by atoms with E-state index in [0.29, 0.717) is 11.7 Å². The molecule has 0 atom stereocenters. The molecular formula is C8H12ClN3O2. The van der Waals surface area contributed by atoms with Gasteiger partial charge in [-0.3, -0.25) is 4.79 Å². The summed E-state index contributed by atoms with van der Waals surface area (Å²) in [4.78, 5) is 15.1. The maximum atomic E-state index is 11.1. The fourth-order valence-corrected chi connectivity index (χ4v) is 1.05. The van der Waals surface area contributed by atoms with Crippen LogP contribution in [0.1, 0.15) is 25.6 Å². The van der Waals surface area contributed by atoms with E-state index >= 15 is 0 Å². The van der Waals surface area contributed by atoms with Crippen molar-refractivity contribution in [2.24, 2.45) is 0 Å². The van der Waals surface area contributed by atoms with Crippen molar-refractivity contribution in [2.45, 2.75) is 26.3 Å². The zero-order chi connectivity index (χ0) is 10.8. The Morgan fingerprint density at radius 2 is 2.29 bits per heavy atom. The molecule has 0 spiro atoms. The molecule has 1 N–H and O–H groups in total.